The van der Waals surface area contributed by atoms with Crippen LogP contribution in [0.25, 0.3) is 0 Å². The van der Waals surface area contributed by atoms with Crippen LogP contribution in [0.2, 0.25) is 0 Å². The highest BCUT2D eigenvalue weighted by Crippen LogP contribution is 2.25. The molecule has 2 rings (SSSR count). The third-order valence-electron chi connectivity index (χ3n) is 2.45. The fraction of sp³-hybridized carbons (Fsp3) is 0.143. The summed E-state index contributed by atoms with van der Waals surface area (Å²) in [6, 6.07) is 7.09. The fourth-order valence-corrected chi connectivity index (χ4v) is 1.52. The van der Waals surface area contributed by atoms with Crippen molar-refractivity contribution in [2.24, 2.45) is 0 Å². The Morgan fingerprint density at radius 3 is 2.90 bits per heavy atom. The summed E-state index contributed by atoms with van der Waals surface area (Å²) in [5.41, 5.74) is 5.57. The quantitative estimate of drug-likeness (QED) is 0.686. The molecule has 1 aromatic heterocycles. The van der Waals surface area contributed by atoms with E-state index in [0.717, 1.165) is 6.07 Å². The van der Waals surface area contributed by atoms with Crippen LogP contribution < -0.4 is 10.5 Å². The normalized spacial score (nSPS) is 10.1. The number of nitrogen functional groups attached to an aromatic ring is 1. The smallest absolute Gasteiger partial charge is 0.343 e. The Morgan fingerprint density at radius 2 is 2.20 bits per heavy atom. The van der Waals surface area contributed by atoms with Crippen molar-refractivity contribution in [3.05, 3.63) is 47.9 Å². The van der Waals surface area contributed by atoms with Gasteiger partial charge in [-0.2, -0.15) is 0 Å². The zero-order valence-electron chi connectivity index (χ0n) is 10.8. The van der Waals surface area contributed by atoms with Crippen molar-refractivity contribution in [3.63, 3.8) is 0 Å². The van der Waals surface area contributed by atoms with E-state index in [2.05, 4.69) is 4.98 Å². The number of carbonyl (C=O) groups is 1. The van der Waals surface area contributed by atoms with Gasteiger partial charge in [-0.05, 0) is 31.2 Å². The second kappa shape index (κ2) is 6.01. The van der Waals surface area contributed by atoms with Crippen molar-refractivity contribution in [3.8, 4) is 11.6 Å². The molecule has 20 heavy (non-hydrogen) atoms. The molecule has 0 aliphatic heterocycles. The van der Waals surface area contributed by atoms with Crippen LogP contribution in [0.3, 0.4) is 0 Å². The van der Waals surface area contributed by atoms with Crippen LogP contribution in [0.5, 0.6) is 11.6 Å². The van der Waals surface area contributed by atoms with E-state index in [1.54, 1.807) is 13.0 Å². The first-order chi connectivity index (χ1) is 9.61. The minimum atomic E-state index is -0.601. The molecule has 104 valence electrons. The predicted octanol–water partition coefficient (Wildman–Crippen LogP) is 2.77. The minimum absolute atomic E-state index is 0.0176. The van der Waals surface area contributed by atoms with Crippen molar-refractivity contribution in [2.75, 3.05) is 12.3 Å². The molecule has 1 aromatic carbocycles. The van der Waals surface area contributed by atoms with Gasteiger partial charge in [0.2, 0.25) is 5.88 Å². The van der Waals surface area contributed by atoms with Crippen LogP contribution in [0.15, 0.2) is 36.5 Å². The van der Waals surface area contributed by atoms with E-state index < -0.39 is 11.8 Å². The van der Waals surface area contributed by atoms with E-state index in [0.29, 0.717) is 0 Å². The molecule has 0 fully saturated rings. The lowest BCUT2D eigenvalue weighted by atomic mass is 10.2. The molecule has 0 aliphatic rings. The monoisotopic (exact) mass is 276 g/mol. The number of nitrogens with two attached hydrogens (primary N) is 1. The minimum Gasteiger partial charge on any atom is -0.462 e. The summed E-state index contributed by atoms with van der Waals surface area (Å²) in [7, 11) is 0. The zero-order chi connectivity index (χ0) is 14.5. The van der Waals surface area contributed by atoms with Crippen molar-refractivity contribution in [2.45, 2.75) is 6.92 Å². The van der Waals surface area contributed by atoms with E-state index in [1.165, 1.54) is 24.4 Å². The lowest BCUT2D eigenvalue weighted by molar-refractivity contribution is 0.0522. The number of ether oxygens (including phenoxy) is 2. The highest BCUT2D eigenvalue weighted by Gasteiger charge is 2.15. The van der Waals surface area contributed by atoms with Gasteiger partial charge in [0.1, 0.15) is 17.1 Å². The standard InChI is InChI=1S/C14H13FN2O3/c1-2-19-14(18)10-4-3-7-17-13(10)20-9-5-6-12(16)11(15)8-9/h3-8H,2,16H2,1H3. The van der Waals surface area contributed by atoms with Crippen LogP contribution in [0.1, 0.15) is 17.3 Å². The van der Waals surface area contributed by atoms with Gasteiger partial charge in [0, 0.05) is 12.3 Å². The molecule has 6 heteroatoms. The molecule has 0 unspecified atom stereocenters. The first-order valence-corrected chi connectivity index (χ1v) is 5.97. The number of esters is 1. The first-order valence-electron chi connectivity index (χ1n) is 5.97. The van der Waals surface area contributed by atoms with Gasteiger partial charge in [-0.15, -0.1) is 0 Å². The number of halogens is 1. The second-order valence-corrected chi connectivity index (χ2v) is 3.86. The largest absolute Gasteiger partial charge is 0.462 e. The van der Waals surface area contributed by atoms with Crippen molar-refractivity contribution >= 4 is 11.7 Å². The highest BCUT2D eigenvalue weighted by atomic mass is 19.1. The summed E-state index contributed by atoms with van der Waals surface area (Å²) in [4.78, 5) is 15.7. The van der Waals surface area contributed by atoms with Crippen LogP contribution >= 0.6 is 0 Å². The van der Waals surface area contributed by atoms with E-state index in [1.807, 2.05) is 0 Å². The van der Waals surface area contributed by atoms with Crippen molar-refractivity contribution in [1.82, 2.24) is 4.98 Å². The third-order valence-corrected chi connectivity index (χ3v) is 2.45. The van der Waals surface area contributed by atoms with E-state index in [9.17, 15) is 9.18 Å². The molecule has 0 bridgehead atoms. The molecule has 2 N–H and O–H groups in total. The van der Waals surface area contributed by atoms with E-state index >= 15 is 0 Å². The Kier molecular flexibility index (Phi) is 4.14. The molecule has 0 atom stereocenters. The average molecular weight is 276 g/mol. The number of hydrogen-bond donors (Lipinski definition) is 1. The predicted molar refractivity (Wildman–Crippen MR) is 71.1 cm³/mol. The Labute approximate surface area is 115 Å². The van der Waals surface area contributed by atoms with Gasteiger partial charge >= 0.3 is 5.97 Å². The van der Waals surface area contributed by atoms with Gasteiger partial charge in [0.25, 0.3) is 0 Å². The number of nitrogens with zero attached hydrogens (tertiary/aromatic N) is 1. The summed E-state index contributed by atoms with van der Waals surface area (Å²) >= 11 is 0. The number of carbonyl (C=O) groups excluding carboxylic acids is 1. The molecule has 0 saturated heterocycles. The molecule has 0 radical (unpaired) electrons. The summed E-state index contributed by atoms with van der Waals surface area (Å²) in [6.07, 6.45) is 1.46. The van der Waals surface area contributed by atoms with Crippen LogP contribution in [0.4, 0.5) is 10.1 Å². The molecule has 5 nitrogen and oxygen atoms in total. The van der Waals surface area contributed by atoms with Gasteiger partial charge in [0.05, 0.1) is 12.3 Å². The summed E-state index contributed by atoms with van der Waals surface area (Å²) in [6.45, 7) is 1.94. The molecular weight excluding hydrogens is 263 g/mol. The maximum absolute atomic E-state index is 13.3. The summed E-state index contributed by atoms with van der Waals surface area (Å²) in [5, 5.41) is 0. The van der Waals surface area contributed by atoms with Crippen LogP contribution in [-0.2, 0) is 4.74 Å². The molecule has 0 spiro atoms. The highest BCUT2D eigenvalue weighted by molar-refractivity contribution is 5.91. The summed E-state index contributed by atoms with van der Waals surface area (Å²) < 4.78 is 23.6. The first kappa shape index (κ1) is 13.8. The second-order valence-electron chi connectivity index (χ2n) is 3.86. The average Bonchev–Trinajstić information content (AvgIpc) is 2.44. The van der Waals surface area contributed by atoms with Gasteiger partial charge in [-0.1, -0.05) is 0 Å². The Morgan fingerprint density at radius 1 is 1.40 bits per heavy atom. The maximum Gasteiger partial charge on any atom is 0.343 e. The van der Waals surface area contributed by atoms with Crippen molar-refractivity contribution in [1.29, 1.82) is 0 Å². The van der Waals surface area contributed by atoms with E-state index in [-0.39, 0.29) is 29.5 Å². The van der Waals surface area contributed by atoms with Gasteiger partial charge in [-0.3, -0.25) is 0 Å². The topological polar surface area (TPSA) is 74.4 Å². The fourth-order valence-electron chi connectivity index (χ4n) is 1.52. The number of anilines is 1. The molecule has 0 aliphatic carbocycles. The molecule has 1 heterocycles. The van der Waals surface area contributed by atoms with Gasteiger partial charge in [0.15, 0.2) is 0 Å². The van der Waals surface area contributed by atoms with Crippen LogP contribution in [-0.4, -0.2) is 17.6 Å². The number of hydrogen-bond acceptors (Lipinski definition) is 5. The number of aromatic nitrogens is 1. The third kappa shape index (κ3) is 3.03. The van der Waals surface area contributed by atoms with Gasteiger partial charge < -0.3 is 15.2 Å². The summed E-state index contributed by atoms with van der Waals surface area (Å²) in [5.74, 6) is -0.904. The molecule has 0 saturated carbocycles. The maximum atomic E-state index is 13.3. The molecule has 0 amide bonds. The van der Waals surface area contributed by atoms with Gasteiger partial charge in [-0.25, -0.2) is 14.2 Å². The zero-order valence-corrected chi connectivity index (χ0v) is 10.8. The lowest BCUT2D eigenvalue weighted by Crippen LogP contribution is -2.07. The number of pyridine rings is 1. The SMILES string of the molecule is CCOC(=O)c1cccnc1Oc1ccc(N)c(F)c1. The number of rotatable bonds is 4. The van der Waals surface area contributed by atoms with E-state index in [4.69, 9.17) is 15.2 Å². The Bertz CT molecular complexity index is 632. The van der Waals surface area contributed by atoms with Crippen molar-refractivity contribution < 1.29 is 18.7 Å². The molecular formula is C14H13FN2O3. The molecule has 2 aromatic rings. The number of benzene rings is 1. The Balaban J connectivity index is 2.29. The van der Waals surface area contributed by atoms with Crippen LogP contribution in [0, 0.1) is 5.82 Å². The Hall–Kier alpha value is -2.63. The lowest BCUT2D eigenvalue weighted by Gasteiger charge is -2.09.